The van der Waals surface area contributed by atoms with Gasteiger partial charge in [0.2, 0.25) is 5.91 Å². The van der Waals surface area contributed by atoms with E-state index in [1.54, 1.807) is 18.7 Å². The lowest BCUT2D eigenvalue weighted by Gasteiger charge is -2.39. The maximum absolute atomic E-state index is 12.3. The van der Waals surface area contributed by atoms with Gasteiger partial charge in [-0.05, 0) is 27.7 Å². The largest absolute Gasteiger partial charge is 0.389 e. The first kappa shape index (κ1) is 17.4. The summed E-state index contributed by atoms with van der Waals surface area (Å²) < 4.78 is 22.0. The van der Waals surface area contributed by atoms with Gasteiger partial charge in [0, 0.05) is 39.0 Å². The van der Waals surface area contributed by atoms with Gasteiger partial charge < -0.3 is 10.0 Å². The van der Waals surface area contributed by atoms with E-state index in [2.05, 4.69) is 4.90 Å². The second-order valence-corrected chi connectivity index (χ2v) is 9.23. The SMILES string of the molecule is CC(C)(O)CN1CCN(C(=O)C(C)(C)S(C)(=O)=O)CC1. The molecule has 0 aliphatic carbocycles. The first-order valence-electron chi connectivity index (χ1n) is 6.78. The van der Waals surface area contributed by atoms with E-state index < -0.39 is 20.2 Å². The van der Waals surface area contributed by atoms with E-state index >= 15 is 0 Å². The minimum atomic E-state index is -3.44. The van der Waals surface area contributed by atoms with Crippen LogP contribution in [0.2, 0.25) is 0 Å². The summed E-state index contributed by atoms with van der Waals surface area (Å²) in [7, 11) is -3.44. The van der Waals surface area contributed by atoms with Crippen LogP contribution in [0.3, 0.4) is 0 Å². The Morgan fingerprint density at radius 2 is 1.55 bits per heavy atom. The number of hydrogen-bond donors (Lipinski definition) is 1. The molecule has 1 aliphatic heterocycles. The van der Waals surface area contributed by atoms with Crippen LogP contribution in [0.4, 0.5) is 0 Å². The molecule has 0 aromatic carbocycles. The minimum Gasteiger partial charge on any atom is -0.389 e. The Kier molecular flexibility index (Phi) is 4.88. The molecular formula is C13H26N2O4S. The van der Waals surface area contributed by atoms with Crippen molar-refractivity contribution >= 4 is 15.7 Å². The van der Waals surface area contributed by atoms with E-state index in [1.165, 1.54) is 13.8 Å². The molecule has 0 saturated carbocycles. The second-order valence-electron chi connectivity index (χ2n) is 6.66. The van der Waals surface area contributed by atoms with Gasteiger partial charge in [-0.2, -0.15) is 0 Å². The standard InChI is InChI=1S/C13H26N2O4S/c1-12(2,17)10-14-6-8-15(9-7-14)11(16)13(3,4)20(5,18)19/h17H,6-10H2,1-5H3. The molecule has 1 heterocycles. The Morgan fingerprint density at radius 1 is 1.10 bits per heavy atom. The highest BCUT2D eigenvalue weighted by atomic mass is 32.2. The topological polar surface area (TPSA) is 77.9 Å². The van der Waals surface area contributed by atoms with Crippen LogP contribution in [0.5, 0.6) is 0 Å². The molecule has 0 aromatic rings. The lowest BCUT2D eigenvalue weighted by atomic mass is 10.1. The van der Waals surface area contributed by atoms with Crippen molar-refractivity contribution in [3.05, 3.63) is 0 Å². The van der Waals surface area contributed by atoms with Crippen LogP contribution in [0.25, 0.3) is 0 Å². The Balaban J connectivity index is 2.65. The fourth-order valence-corrected chi connectivity index (χ4v) is 2.64. The van der Waals surface area contributed by atoms with Crippen molar-refractivity contribution in [1.82, 2.24) is 9.80 Å². The number of sulfone groups is 1. The molecule has 118 valence electrons. The van der Waals surface area contributed by atoms with Crippen LogP contribution >= 0.6 is 0 Å². The van der Waals surface area contributed by atoms with Crippen molar-refractivity contribution in [2.24, 2.45) is 0 Å². The summed E-state index contributed by atoms with van der Waals surface area (Å²) in [5, 5.41) is 9.78. The third-order valence-corrected chi connectivity index (χ3v) is 5.74. The van der Waals surface area contributed by atoms with Crippen molar-refractivity contribution < 1.29 is 18.3 Å². The number of β-amino-alcohol motifs (C(OH)–C–C–N with tert-alkyl or cyclic N) is 1. The molecule has 1 amide bonds. The van der Waals surface area contributed by atoms with Gasteiger partial charge in [0.25, 0.3) is 0 Å². The maximum atomic E-state index is 12.3. The highest BCUT2D eigenvalue weighted by Crippen LogP contribution is 2.20. The Labute approximate surface area is 121 Å². The van der Waals surface area contributed by atoms with Crippen LogP contribution in [0, 0.1) is 0 Å². The Morgan fingerprint density at radius 3 is 1.90 bits per heavy atom. The summed E-state index contributed by atoms with van der Waals surface area (Å²) in [6, 6.07) is 0. The van der Waals surface area contributed by atoms with E-state index in [-0.39, 0.29) is 5.91 Å². The third-order valence-electron chi connectivity index (χ3n) is 3.71. The van der Waals surface area contributed by atoms with Gasteiger partial charge in [0.15, 0.2) is 9.84 Å². The molecule has 6 nitrogen and oxygen atoms in total. The van der Waals surface area contributed by atoms with Crippen molar-refractivity contribution in [3.8, 4) is 0 Å². The fourth-order valence-electron chi connectivity index (χ4n) is 2.20. The van der Waals surface area contributed by atoms with Gasteiger partial charge in [0.1, 0.15) is 4.75 Å². The van der Waals surface area contributed by atoms with E-state index in [4.69, 9.17) is 0 Å². The number of piperazine rings is 1. The number of aliphatic hydroxyl groups is 1. The second kappa shape index (κ2) is 5.61. The van der Waals surface area contributed by atoms with E-state index in [1.807, 2.05) is 0 Å². The predicted octanol–water partition coefficient (Wildman–Crippen LogP) is -0.275. The number of nitrogens with zero attached hydrogens (tertiary/aromatic N) is 2. The first-order valence-corrected chi connectivity index (χ1v) is 8.67. The van der Waals surface area contributed by atoms with Crippen molar-refractivity contribution in [2.75, 3.05) is 39.0 Å². The lowest BCUT2D eigenvalue weighted by molar-refractivity contribution is -0.135. The van der Waals surface area contributed by atoms with Crippen LogP contribution in [0.15, 0.2) is 0 Å². The summed E-state index contributed by atoms with van der Waals surface area (Å²) in [5.74, 6) is -0.345. The third kappa shape index (κ3) is 4.17. The van der Waals surface area contributed by atoms with Gasteiger partial charge >= 0.3 is 0 Å². The number of hydrogen-bond acceptors (Lipinski definition) is 5. The molecule has 1 N–H and O–H groups in total. The average molecular weight is 306 g/mol. The first-order chi connectivity index (χ1) is 8.84. The van der Waals surface area contributed by atoms with E-state index in [0.717, 1.165) is 6.26 Å². The van der Waals surface area contributed by atoms with Crippen LogP contribution in [0.1, 0.15) is 27.7 Å². The van der Waals surface area contributed by atoms with Gasteiger partial charge in [0.05, 0.1) is 5.60 Å². The van der Waals surface area contributed by atoms with Crippen LogP contribution in [-0.4, -0.2) is 78.6 Å². The van der Waals surface area contributed by atoms with Gasteiger partial charge in [-0.3, -0.25) is 9.69 Å². The van der Waals surface area contributed by atoms with Crippen LogP contribution in [-0.2, 0) is 14.6 Å². The summed E-state index contributed by atoms with van der Waals surface area (Å²) in [6.45, 7) is 9.23. The molecule has 1 saturated heterocycles. The Hall–Kier alpha value is -0.660. The van der Waals surface area contributed by atoms with Crippen molar-refractivity contribution in [1.29, 1.82) is 0 Å². The highest BCUT2D eigenvalue weighted by molar-refractivity contribution is 7.92. The zero-order valence-electron chi connectivity index (χ0n) is 13.0. The van der Waals surface area contributed by atoms with Gasteiger partial charge in [-0.1, -0.05) is 0 Å². The molecule has 0 atom stereocenters. The highest BCUT2D eigenvalue weighted by Gasteiger charge is 2.42. The number of amides is 1. The molecule has 1 fully saturated rings. The molecule has 1 rings (SSSR count). The number of carbonyl (C=O) groups is 1. The summed E-state index contributed by atoms with van der Waals surface area (Å²) in [5.41, 5.74) is -0.766. The summed E-state index contributed by atoms with van der Waals surface area (Å²) in [6.07, 6.45) is 1.09. The molecule has 0 radical (unpaired) electrons. The summed E-state index contributed by atoms with van der Waals surface area (Å²) in [4.78, 5) is 16.0. The number of carbonyl (C=O) groups excluding carboxylic acids is 1. The normalized spacial score (nSPS) is 19.2. The van der Waals surface area contributed by atoms with Crippen molar-refractivity contribution in [2.45, 2.75) is 38.0 Å². The fraction of sp³-hybridized carbons (Fsp3) is 0.923. The molecule has 0 aromatic heterocycles. The molecular weight excluding hydrogens is 280 g/mol. The van der Waals surface area contributed by atoms with Gasteiger partial charge in [-0.25, -0.2) is 8.42 Å². The van der Waals surface area contributed by atoms with E-state index in [9.17, 15) is 18.3 Å². The van der Waals surface area contributed by atoms with Crippen molar-refractivity contribution in [3.63, 3.8) is 0 Å². The van der Waals surface area contributed by atoms with Crippen LogP contribution < -0.4 is 0 Å². The molecule has 0 spiro atoms. The monoisotopic (exact) mass is 306 g/mol. The zero-order valence-corrected chi connectivity index (χ0v) is 13.8. The number of rotatable bonds is 4. The zero-order chi connectivity index (χ0) is 15.8. The summed E-state index contributed by atoms with van der Waals surface area (Å²) >= 11 is 0. The average Bonchev–Trinajstić information content (AvgIpc) is 2.25. The molecule has 20 heavy (non-hydrogen) atoms. The molecule has 1 aliphatic rings. The predicted molar refractivity (Wildman–Crippen MR) is 78.2 cm³/mol. The quantitative estimate of drug-likeness (QED) is 0.773. The van der Waals surface area contributed by atoms with Gasteiger partial charge in [-0.15, -0.1) is 0 Å². The molecule has 7 heteroatoms. The lowest BCUT2D eigenvalue weighted by Crippen LogP contribution is -2.57. The smallest absolute Gasteiger partial charge is 0.243 e. The van der Waals surface area contributed by atoms with E-state index in [0.29, 0.717) is 32.7 Å². The Bertz CT molecular complexity index is 457. The maximum Gasteiger partial charge on any atom is 0.243 e. The molecule has 0 unspecified atom stereocenters. The minimum absolute atomic E-state index is 0.345. The molecule has 0 bridgehead atoms.